The molecule has 0 unspecified atom stereocenters. The van der Waals surface area contributed by atoms with Gasteiger partial charge in [0.2, 0.25) is 0 Å². The average Bonchev–Trinajstić information content (AvgIpc) is 2.54. The monoisotopic (exact) mass is 339 g/mol. The topological polar surface area (TPSA) is 23.8 Å². The molecule has 0 radical (unpaired) electrons. The number of hydrogen-bond donors (Lipinski definition) is 0. The van der Waals surface area contributed by atoms with Crippen molar-refractivity contribution in [3.63, 3.8) is 0 Å². The highest BCUT2D eigenvalue weighted by atomic mass is 35.5. The first kappa shape index (κ1) is 24.6. The maximum absolute atomic E-state index is 8.44. The highest BCUT2D eigenvalue weighted by Gasteiger charge is 1.91. The summed E-state index contributed by atoms with van der Waals surface area (Å²) in [6.07, 6.45) is 21.4. The summed E-state index contributed by atoms with van der Waals surface area (Å²) in [6, 6.07) is 2.20. The predicted molar refractivity (Wildman–Crippen MR) is 105 cm³/mol. The lowest BCUT2D eigenvalue weighted by Crippen LogP contribution is -1.80. The summed E-state index contributed by atoms with van der Waals surface area (Å²) in [7, 11) is 0. The Morgan fingerprint density at radius 3 is 1.26 bits per heavy atom. The molecule has 0 heterocycles. The molecule has 0 aliphatic rings. The molecule has 1 nitrogen and oxygen atoms in total. The van der Waals surface area contributed by atoms with Gasteiger partial charge in [-0.25, -0.2) is 0 Å². The summed E-state index contributed by atoms with van der Waals surface area (Å²) >= 11 is 0. The van der Waals surface area contributed by atoms with Crippen LogP contribution in [0.2, 0.25) is 0 Å². The van der Waals surface area contributed by atoms with Crippen LogP contribution in [0, 0.1) is 23.2 Å². The number of nitriles is 1. The second kappa shape index (κ2) is 23.6. The summed E-state index contributed by atoms with van der Waals surface area (Å²) in [5.41, 5.74) is 0. The normalized spacial score (nSPS) is 9.57. The van der Waals surface area contributed by atoms with Gasteiger partial charge in [0.05, 0.1) is 6.07 Å². The molecule has 0 aromatic heterocycles. The quantitative estimate of drug-likeness (QED) is 0.223. The van der Waals surface area contributed by atoms with Crippen molar-refractivity contribution in [2.75, 3.05) is 0 Å². The molecule has 134 valence electrons. The lowest BCUT2D eigenvalue weighted by molar-refractivity contribution is 0.579. The summed E-state index contributed by atoms with van der Waals surface area (Å²) < 4.78 is 0. The summed E-state index contributed by atoms with van der Waals surface area (Å²) in [6.45, 7) is 2.27. The number of hydrogen-bond acceptors (Lipinski definition) is 1. The van der Waals surface area contributed by atoms with Crippen LogP contribution in [-0.2, 0) is 0 Å². The molecule has 0 bridgehead atoms. The standard InChI is InChI=1S/C21H37N.ClH/c1-2-3-4-5-6-7-8-9-10-11-12-13-14-15-16-17-18-19-20-21-22;/h2-10,13-20H2,1H3;1H. The van der Waals surface area contributed by atoms with Gasteiger partial charge in [0.25, 0.3) is 0 Å². The number of nitrogens with zero attached hydrogens (tertiary/aromatic N) is 1. The maximum atomic E-state index is 8.44. The van der Waals surface area contributed by atoms with Crippen molar-refractivity contribution in [2.24, 2.45) is 0 Å². The zero-order valence-corrected chi connectivity index (χ0v) is 16.2. The molecule has 0 spiro atoms. The Morgan fingerprint density at radius 1 is 0.522 bits per heavy atom. The van der Waals surface area contributed by atoms with Crippen LogP contribution in [0.4, 0.5) is 0 Å². The molecule has 0 fully saturated rings. The third kappa shape index (κ3) is 23.7. The second-order valence-corrected chi connectivity index (χ2v) is 6.36. The Bertz CT molecular complexity index is 308. The van der Waals surface area contributed by atoms with E-state index in [1.54, 1.807) is 0 Å². The summed E-state index contributed by atoms with van der Waals surface area (Å²) in [5.74, 6) is 6.65. The maximum Gasteiger partial charge on any atom is 0.0621 e. The highest BCUT2D eigenvalue weighted by Crippen LogP contribution is 2.10. The van der Waals surface area contributed by atoms with Crippen LogP contribution in [0.25, 0.3) is 0 Å². The lowest BCUT2D eigenvalue weighted by atomic mass is 10.1. The van der Waals surface area contributed by atoms with Crippen molar-refractivity contribution >= 4 is 12.4 Å². The van der Waals surface area contributed by atoms with Gasteiger partial charge in [-0.05, 0) is 19.3 Å². The SMILES string of the molecule is CCCCCCCCCCC#CCCCCCCCCC#N.Cl. The fourth-order valence-electron chi connectivity index (χ4n) is 2.65. The first-order valence-electron chi connectivity index (χ1n) is 9.74. The summed E-state index contributed by atoms with van der Waals surface area (Å²) in [4.78, 5) is 0. The highest BCUT2D eigenvalue weighted by molar-refractivity contribution is 5.85. The van der Waals surface area contributed by atoms with Crippen molar-refractivity contribution in [3.05, 3.63) is 0 Å². The lowest BCUT2D eigenvalue weighted by Gasteiger charge is -1.99. The van der Waals surface area contributed by atoms with Crippen molar-refractivity contribution < 1.29 is 0 Å². The van der Waals surface area contributed by atoms with E-state index < -0.39 is 0 Å². The summed E-state index contributed by atoms with van der Waals surface area (Å²) in [5, 5.41) is 8.44. The smallest absolute Gasteiger partial charge is 0.0621 e. The molecule has 0 N–H and O–H groups in total. The van der Waals surface area contributed by atoms with E-state index in [9.17, 15) is 0 Å². The van der Waals surface area contributed by atoms with Crippen LogP contribution in [0.5, 0.6) is 0 Å². The first-order chi connectivity index (χ1) is 10.9. The zero-order valence-electron chi connectivity index (χ0n) is 15.4. The minimum absolute atomic E-state index is 0. The Hall–Kier alpha value is -0.660. The van der Waals surface area contributed by atoms with E-state index in [0.717, 1.165) is 25.7 Å². The minimum Gasteiger partial charge on any atom is -0.198 e. The fraction of sp³-hybridized carbons (Fsp3) is 0.857. The van der Waals surface area contributed by atoms with Gasteiger partial charge < -0.3 is 0 Å². The molecule has 0 aliphatic carbocycles. The minimum atomic E-state index is 0. The molecular formula is C21H38ClN. The third-order valence-electron chi connectivity index (χ3n) is 4.12. The van der Waals surface area contributed by atoms with Crippen molar-refractivity contribution in [1.29, 1.82) is 5.26 Å². The van der Waals surface area contributed by atoms with E-state index >= 15 is 0 Å². The molecule has 0 aliphatic heterocycles. The average molecular weight is 340 g/mol. The number of halogens is 1. The zero-order chi connectivity index (χ0) is 16.1. The molecular weight excluding hydrogens is 302 g/mol. The van der Waals surface area contributed by atoms with E-state index in [0.29, 0.717) is 0 Å². The second-order valence-electron chi connectivity index (χ2n) is 6.36. The van der Waals surface area contributed by atoms with Gasteiger partial charge in [0, 0.05) is 19.3 Å². The Morgan fingerprint density at radius 2 is 0.870 bits per heavy atom. The van der Waals surface area contributed by atoms with Crippen LogP contribution in [0.1, 0.15) is 116 Å². The number of rotatable bonds is 15. The van der Waals surface area contributed by atoms with Crippen molar-refractivity contribution in [3.8, 4) is 17.9 Å². The van der Waals surface area contributed by atoms with E-state index in [2.05, 4.69) is 24.8 Å². The van der Waals surface area contributed by atoms with Gasteiger partial charge in [-0.3, -0.25) is 0 Å². The molecule has 0 aromatic carbocycles. The van der Waals surface area contributed by atoms with Crippen molar-refractivity contribution in [1.82, 2.24) is 0 Å². The van der Waals surface area contributed by atoms with E-state index in [4.69, 9.17) is 5.26 Å². The molecule has 2 heteroatoms. The van der Waals surface area contributed by atoms with Crippen LogP contribution in [0.15, 0.2) is 0 Å². The van der Waals surface area contributed by atoms with Crippen LogP contribution in [0.3, 0.4) is 0 Å². The van der Waals surface area contributed by atoms with Crippen LogP contribution >= 0.6 is 12.4 Å². The predicted octanol–water partition coefficient (Wildman–Crippen LogP) is 7.59. The van der Waals surface area contributed by atoms with Gasteiger partial charge in [-0.15, -0.1) is 24.2 Å². The Kier molecular flexibility index (Phi) is 25.2. The van der Waals surface area contributed by atoms with Gasteiger partial charge in [-0.2, -0.15) is 5.26 Å². The molecule has 0 atom stereocenters. The van der Waals surface area contributed by atoms with E-state index in [1.807, 2.05) is 0 Å². The van der Waals surface area contributed by atoms with Crippen molar-refractivity contribution in [2.45, 2.75) is 116 Å². The third-order valence-corrected chi connectivity index (χ3v) is 4.12. The van der Waals surface area contributed by atoms with E-state index in [-0.39, 0.29) is 12.4 Å². The molecule has 0 saturated heterocycles. The molecule has 0 rings (SSSR count). The molecule has 0 amide bonds. The largest absolute Gasteiger partial charge is 0.198 e. The molecule has 23 heavy (non-hydrogen) atoms. The fourth-order valence-corrected chi connectivity index (χ4v) is 2.65. The van der Waals surface area contributed by atoms with Gasteiger partial charge in [-0.1, -0.05) is 77.6 Å². The Labute approximate surface area is 152 Å². The van der Waals surface area contributed by atoms with Gasteiger partial charge in [0.15, 0.2) is 0 Å². The van der Waals surface area contributed by atoms with E-state index in [1.165, 1.54) is 83.5 Å². The molecule has 0 saturated carbocycles. The van der Waals surface area contributed by atoms with Gasteiger partial charge >= 0.3 is 0 Å². The first-order valence-corrected chi connectivity index (χ1v) is 9.74. The number of unbranched alkanes of at least 4 members (excludes halogenated alkanes) is 15. The Balaban J connectivity index is 0. The van der Waals surface area contributed by atoms with Crippen LogP contribution in [-0.4, -0.2) is 0 Å². The molecule has 0 aromatic rings. The van der Waals surface area contributed by atoms with Gasteiger partial charge in [0.1, 0.15) is 0 Å². The van der Waals surface area contributed by atoms with Crippen LogP contribution < -0.4 is 0 Å².